The van der Waals surface area contributed by atoms with Crippen molar-refractivity contribution in [2.24, 2.45) is 0 Å². The molecule has 6 nitrogen and oxygen atoms in total. The lowest BCUT2D eigenvalue weighted by molar-refractivity contribution is -0.115. The Bertz CT molecular complexity index is 777. The van der Waals surface area contributed by atoms with Crippen molar-refractivity contribution in [3.8, 4) is 0 Å². The fraction of sp³-hybridized carbons (Fsp3) is 0.125. The fourth-order valence-electron chi connectivity index (χ4n) is 1.97. The number of thioether (sulfide) groups is 1. The van der Waals surface area contributed by atoms with E-state index in [0.29, 0.717) is 16.7 Å². The van der Waals surface area contributed by atoms with Crippen molar-refractivity contribution in [2.45, 2.75) is 17.3 Å². The summed E-state index contributed by atoms with van der Waals surface area (Å²) in [6.07, 6.45) is 3.30. The largest absolute Gasteiger partial charge is 0.360 e. The molecule has 0 spiro atoms. The minimum absolute atomic E-state index is 0.207. The maximum Gasteiger partial charge on any atom is 0.243 e. The van der Waals surface area contributed by atoms with Gasteiger partial charge in [0.05, 0.1) is 0 Å². The Morgan fingerprint density at radius 1 is 1.17 bits per heavy atom. The normalized spacial score (nSPS) is 11.9. The predicted octanol–water partition coefficient (Wildman–Crippen LogP) is 3.25. The summed E-state index contributed by atoms with van der Waals surface area (Å²) in [4.78, 5) is 21.0. The van der Waals surface area contributed by atoms with Crippen molar-refractivity contribution >= 4 is 23.5 Å². The molecule has 0 saturated heterocycles. The van der Waals surface area contributed by atoms with Gasteiger partial charge < -0.3 is 9.84 Å². The number of benzene rings is 1. The van der Waals surface area contributed by atoms with Gasteiger partial charge >= 0.3 is 0 Å². The number of amides is 1. The first-order valence-electron chi connectivity index (χ1n) is 6.95. The number of hydrogen-bond donors (Lipinski definition) is 1. The van der Waals surface area contributed by atoms with Crippen LogP contribution in [0.1, 0.15) is 16.6 Å². The van der Waals surface area contributed by atoms with E-state index >= 15 is 0 Å². The number of nitrogens with zero attached hydrogens (tertiary/aromatic N) is 3. The lowest BCUT2D eigenvalue weighted by Gasteiger charge is -2.14. The van der Waals surface area contributed by atoms with Gasteiger partial charge in [0.1, 0.15) is 11.0 Å². The van der Waals surface area contributed by atoms with Gasteiger partial charge in [0.25, 0.3) is 0 Å². The van der Waals surface area contributed by atoms with E-state index in [-0.39, 0.29) is 5.91 Å². The van der Waals surface area contributed by atoms with Gasteiger partial charge in [-0.15, -0.1) is 0 Å². The molecule has 3 rings (SSSR count). The number of aryl methyl sites for hydroxylation is 1. The molecule has 0 unspecified atom stereocenters. The maximum absolute atomic E-state index is 12.7. The Morgan fingerprint density at radius 2 is 1.91 bits per heavy atom. The third kappa shape index (κ3) is 3.95. The second-order valence-corrected chi connectivity index (χ2v) is 5.82. The Labute approximate surface area is 137 Å². The number of carbonyl (C=O) groups is 1. The van der Waals surface area contributed by atoms with Gasteiger partial charge in [0, 0.05) is 18.5 Å². The monoisotopic (exact) mass is 326 g/mol. The second-order valence-electron chi connectivity index (χ2n) is 4.75. The van der Waals surface area contributed by atoms with E-state index in [4.69, 9.17) is 4.52 Å². The Balaban J connectivity index is 1.84. The summed E-state index contributed by atoms with van der Waals surface area (Å²) >= 11 is 1.28. The third-order valence-corrected chi connectivity index (χ3v) is 4.13. The van der Waals surface area contributed by atoms with Crippen LogP contribution >= 0.6 is 11.8 Å². The molecule has 1 aromatic carbocycles. The Kier molecular flexibility index (Phi) is 4.68. The lowest BCUT2D eigenvalue weighted by atomic mass is 10.1. The lowest BCUT2D eigenvalue weighted by Crippen LogP contribution is -2.19. The molecule has 1 amide bonds. The number of rotatable bonds is 5. The summed E-state index contributed by atoms with van der Waals surface area (Å²) in [6.45, 7) is 1.77. The van der Waals surface area contributed by atoms with E-state index in [1.54, 1.807) is 31.5 Å². The molecule has 116 valence electrons. The molecule has 2 heterocycles. The molecule has 0 aliphatic rings. The van der Waals surface area contributed by atoms with E-state index in [0.717, 1.165) is 5.56 Å². The maximum atomic E-state index is 12.7. The van der Waals surface area contributed by atoms with Crippen molar-refractivity contribution < 1.29 is 9.32 Å². The zero-order valence-electron chi connectivity index (χ0n) is 12.3. The van der Waals surface area contributed by atoms with E-state index < -0.39 is 5.25 Å². The molecule has 0 fully saturated rings. The highest BCUT2D eigenvalue weighted by Crippen LogP contribution is 2.34. The van der Waals surface area contributed by atoms with Crippen LogP contribution in [0, 0.1) is 6.92 Å². The van der Waals surface area contributed by atoms with Gasteiger partial charge in [-0.25, -0.2) is 9.97 Å². The highest BCUT2D eigenvalue weighted by molar-refractivity contribution is 8.00. The number of aromatic nitrogens is 3. The summed E-state index contributed by atoms with van der Waals surface area (Å²) < 4.78 is 4.97. The zero-order chi connectivity index (χ0) is 16.1. The van der Waals surface area contributed by atoms with Gasteiger partial charge in [0.2, 0.25) is 5.91 Å². The molecular weight excluding hydrogens is 312 g/mol. The van der Waals surface area contributed by atoms with Crippen LogP contribution < -0.4 is 5.32 Å². The quantitative estimate of drug-likeness (QED) is 0.572. The topological polar surface area (TPSA) is 80.9 Å². The van der Waals surface area contributed by atoms with Gasteiger partial charge in [0.15, 0.2) is 11.0 Å². The van der Waals surface area contributed by atoms with Crippen molar-refractivity contribution in [3.05, 3.63) is 66.2 Å². The van der Waals surface area contributed by atoms with E-state index in [1.807, 2.05) is 30.3 Å². The van der Waals surface area contributed by atoms with Crippen molar-refractivity contribution in [2.75, 3.05) is 5.32 Å². The van der Waals surface area contributed by atoms with Crippen LogP contribution in [0.4, 0.5) is 5.82 Å². The minimum Gasteiger partial charge on any atom is -0.360 e. The second kappa shape index (κ2) is 7.06. The molecule has 7 heteroatoms. The molecule has 0 aliphatic heterocycles. The molecule has 2 aromatic heterocycles. The van der Waals surface area contributed by atoms with Crippen LogP contribution in [0.2, 0.25) is 0 Å². The van der Waals surface area contributed by atoms with Crippen LogP contribution in [-0.4, -0.2) is 21.0 Å². The number of nitrogens with one attached hydrogen (secondary N) is 1. The molecular formula is C16H14N4O2S. The van der Waals surface area contributed by atoms with Gasteiger partial charge in [-0.05, 0) is 18.6 Å². The highest BCUT2D eigenvalue weighted by atomic mass is 32.2. The summed E-state index contributed by atoms with van der Waals surface area (Å²) in [7, 11) is 0. The Morgan fingerprint density at radius 3 is 2.57 bits per heavy atom. The van der Waals surface area contributed by atoms with Crippen molar-refractivity contribution in [3.63, 3.8) is 0 Å². The first kappa shape index (κ1) is 15.2. The van der Waals surface area contributed by atoms with Crippen LogP contribution in [0.3, 0.4) is 0 Å². The Hall–Kier alpha value is -2.67. The SMILES string of the molecule is Cc1cc(NC(=O)[C@@H](Sc2ncccn2)c2ccccc2)no1. The summed E-state index contributed by atoms with van der Waals surface area (Å²) in [5.41, 5.74) is 0.864. The van der Waals surface area contributed by atoms with Gasteiger partial charge in [-0.3, -0.25) is 4.79 Å². The van der Waals surface area contributed by atoms with Crippen molar-refractivity contribution in [1.29, 1.82) is 0 Å². The van der Waals surface area contributed by atoms with E-state index in [1.165, 1.54) is 11.8 Å². The molecule has 23 heavy (non-hydrogen) atoms. The number of anilines is 1. The smallest absolute Gasteiger partial charge is 0.243 e. The fourth-order valence-corrected chi connectivity index (χ4v) is 2.88. The number of hydrogen-bond acceptors (Lipinski definition) is 6. The first-order valence-corrected chi connectivity index (χ1v) is 7.83. The molecule has 0 aliphatic carbocycles. The minimum atomic E-state index is -0.490. The molecule has 3 aromatic rings. The standard InChI is InChI=1S/C16H14N4O2S/c1-11-10-13(20-22-11)19-15(21)14(12-6-3-2-4-7-12)23-16-17-8-5-9-18-16/h2-10,14H,1H3,(H,19,20,21)/t14-/m0/s1. The highest BCUT2D eigenvalue weighted by Gasteiger charge is 2.24. The first-order chi connectivity index (χ1) is 11.2. The molecule has 0 saturated carbocycles. The van der Waals surface area contributed by atoms with Crippen LogP contribution in [0.5, 0.6) is 0 Å². The average molecular weight is 326 g/mol. The van der Waals surface area contributed by atoms with E-state index in [2.05, 4.69) is 20.4 Å². The van der Waals surface area contributed by atoms with Gasteiger partial charge in [-0.2, -0.15) is 0 Å². The predicted molar refractivity (Wildman–Crippen MR) is 86.9 cm³/mol. The summed E-state index contributed by atoms with van der Waals surface area (Å²) in [6, 6.07) is 12.9. The van der Waals surface area contributed by atoms with Gasteiger partial charge in [-0.1, -0.05) is 47.3 Å². The van der Waals surface area contributed by atoms with Crippen LogP contribution in [0.25, 0.3) is 0 Å². The summed E-state index contributed by atoms with van der Waals surface area (Å²) in [5.74, 6) is 0.820. The zero-order valence-corrected chi connectivity index (χ0v) is 13.2. The molecule has 1 atom stereocenters. The van der Waals surface area contributed by atoms with Crippen LogP contribution in [0.15, 0.2) is 64.5 Å². The molecule has 0 radical (unpaired) electrons. The number of carbonyl (C=O) groups excluding carboxylic acids is 1. The third-order valence-electron chi connectivity index (χ3n) is 2.99. The summed E-state index contributed by atoms with van der Waals surface area (Å²) in [5, 5.41) is 6.60. The molecule has 1 N–H and O–H groups in total. The van der Waals surface area contributed by atoms with E-state index in [9.17, 15) is 4.79 Å². The van der Waals surface area contributed by atoms with Crippen molar-refractivity contribution in [1.82, 2.24) is 15.1 Å². The molecule has 0 bridgehead atoms. The van der Waals surface area contributed by atoms with Crippen LogP contribution in [-0.2, 0) is 4.79 Å². The average Bonchev–Trinajstić information content (AvgIpc) is 2.99.